The molecule has 1 atom stereocenters. The predicted molar refractivity (Wildman–Crippen MR) is 113 cm³/mol. The van der Waals surface area contributed by atoms with Crippen molar-refractivity contribution in [2.75, 3.05) is 13.1 Å². The maximum absolute atomic E-state index is 11.7. The number of amides is 1. The second-order valence-electron chi connectivity index (χ2n) is 6.98. The zero-order chi connectivity index (χ0) is 21.4. The van der Waals surface area contributed by atoms with Gasteiger partial charge in [-0.2, -0.15) is 0 Å². The molecule has 2 rings (SSSR count). The fraction of sp³-hybridized carbons (Fsp3) is 0.391. The number of ether oxygens (including phenoxy) is 1. The monoisotopic (exact) mass is 414 g/mol. The average molecular weight is 415 g/mol. The Morgan fingerprint density at radius 2 is 1.40 bits per heavy atom. The second-order valence-corrected chi connectivity index (χ2v) is 6.98. The molecule has 0 aliphatic carbocycles. The second kappa shape index (κ2) is 14.1. The summed E-state index contributed by atoms with van der Waals surface area (Å²) in [6.45, 7) is 1.65. The quantitative estimate of drug-likeness (QED) is 0.320. The largest absolute Gasteiger partial charge is 0.481 e. The number of hydroxylamine groups is 1. The van der Waals surface area contributed by atoms with Crippen molar-refractivity contribution in [1.29, 1.82) is 0 Å². The van der Waals surface area contributed by atoms with Crippen LogP contribution >= 0.6 is 0 Å². The number of carbonyl (C=O) groups excluding carboxylic acids is 1. The van der Waals surface area contributed by atoms with Gasteiger partial charge in [0.25, 0.3) is 0 Å². The minimum absolute atomic E-state index is 0.212. The van der Waals surface area contributed by atoms with Crippen molar-refractivity contribution in [3.05, 3.63) is 71.8 Å². The van der Waals surface area contributed by atoms with E-state index in [0.717, 1.165) is 11.1 Å². The van der Waals surface area contributed by atoms with Crippen LogP contribution in [0.4, 0.5) is 4.79 Å². The van der Waals surface area contributed by atoms with Gasteiger partial charge in [0.05, 0.1) is 12.5 Å². The molecule has 3 N–H and O–H groups in total. The van der Waals surface area contributed by atoms with Gasteiger partial charge in [0.1, 0.15) is 6.61 Å². The molecule has 7 nitrogen and oxygen atoms in total. The van der Waals surface area contributed by atoms with Crippen LogP contribution in [0, 0.1) is 5.92 Å². The Hall–Kier alpha value is -2.90. The van der Waals surface area contributed by atoms with Gasteiger partial charge in [-0.1, -0.05) is 60.7 Å². The lowest BCUT2D eigenvalue weighted by molar-refractivity contribution is -0.142. The molecular formula is C23H30N2O5. The Morgan fingerprint density at radius 1 is 0.833 bits per heavy atom. The van der Waals surface area contributed by atoms with Gasteiger partial charge in [0.2, 0.25) is 0 Å². The third-order valence-electron chi connectivity index (χ3n) is 4.58. The van der Waals surface area contributed by atoms with E-state index in [0.29, 0.717) is 45.4 Å². The molecule has 30 heavy (non-hydrogen) atoms. The topological polar surface area (TPSA) is 96.9 Å². The van der Waals surface area contributed by atoms with Crippen molar-refractivity contribution in [2.45, 2.75) is 38.9 Å². The van der Waals surface area contributed by atoms with E-state index in [9.17, 15) is 14.7 Å². The van der Waals surface area contributed by atoms with Crippen molar-refractivity contribution in [1.82, 2.24) is 10.8 Å². The molecule has 0 radical (unpaired) electrons. The first kappa shape index (κ1) is 23.4. The fourth-order valence-electron chi connectivity index (χ4n) is 2.91. The summed E-state index contributed by atoms with van der Waals surface area (Å²) >= 11 is 0. The summed E-state index contributed by atoms with van der Waals surface area (Å²) in [5, 5.41) is 12.0. The molecular weight excluding hydrogens is 384 g/mol. The van der Waals surface area contributed by atoms with Crippen molar-refractivity contribution in [3.8, 4) is 0 Å². The van der Waals surface area contributed by atoms with Gasteiger partial charge >= 0.3 is 12.1 Å². The van der Waals surface area contributed by atoms with Crippen molar-refractivity contribution in [2.24, 2.45) is 5.92 Å². The van der Waals surface area contributed by atoms with E-state index in [-0.39, 0.29) is 6.61 Å². The van der Waals surface area contributed by atoms with E-state index in [2.05, 4.69) is 10.8 Å². The fourth-order valence-corrected chi connectivity index (χ4v) is 2.91. The Kier molecular flexibility index (Phi) is 11.0. The summed E-state index contributed by atoms with van der Waals surface area (Å²) in [4.78, 5) is 28.5. The van der Waals surface area contributed by atoms with Crippen LogP contribution in [0.3, 0.4) is 0 Å². The lowest BCUT2D eigenvalue weighted by Gasteiger charge is -2.13. The van der Waals surface area contributed by atoms with Gasteiger partial charge in [-0.3, -0.25) is 9.63 Å². The number of hydrogen-bond donors (Lipinski definition) is 3. The van der Waals surface area contributed by atoms with E-state index in [1.54, 1.807) is 0 Å². The summed E-state index contributed by atoms with van der Waals surface area (Å²) in [6, 6.07) is 19.2. The number of rotatable bonds is 14. The van der Waals surface area contributed by atoms with Crippen LogP contribution < -0.4 is 10.8 Å². The molecule has 0 saturated carbocycles. The molecule has 162 valence electrons. The van der Waals surface area contributed by atoms with Gasteiger partial charge < -0.3 is 15.2 Å². The van der Waals surface area contributed by atoms with E-state index < -0.39 is 18.0 Å². The Labute approximate surface area is 177 Å². The lowest BCUT2D eigenvalue weighted by Crippen LogP contribution is -2.26. The Balaban J connectivity index is 1.51. The number of hydrogen-bond acceptors (Lipinski definition) is 5. The first-order valence-electron chi connectivity index (χ1n) is 10.2. The highest BCUT2D eigenvalue weighted by molar-refractivity contribution is 5.70. The summed E-state index contributed by atoms with van der Waals surface area (Å²) in [6.07, 6.45) is 1.83. The summed E-state index contributed by atoms with van der Waals surface area (Å²) in [5.41, 5.74) is 4.86. The van der Waals surface area contributed by atoms with Gasteiger partial charge in [0, 0.05) is 13.1 Å². The molecule has 0 spiro atoms. The molecule has 0 saturated heterocycles. The Bertz CT molecular complexity index is 740. The molecule has 0 fully saturated rings. The van der Waals surface area contributed by atoms with Crippen LogP contribution in [0.15, 0.2) is 60.7 Å². The van der Waals surface area contributed by atoms with Crippen molar-refractivity contribution in [3.63, 3.8) is 0 Å². The van der Waals surface area contributed by atoms with Crippen molar-refractivity contribution >= 4 is 12.1 Å². The molecule has 2 aromatic carbocycles. The molecule has 0 aliphatic rings. The molecule has 1 amide bonds. The number of carboxylic acids is 1. The third-order valence-corrected chi connectivity index (χ3v) is 4.58. The van der Waals surface area contributed by atoms with Gasteiger partial charge in [-0.15, -0.1) is 0 Å². The van der Waals surface area contributed by atoms with E-state index >= 15 is 0 Å². The number of nitrogens with one attached hydrogen (secondary N) is 2. The highest BCUT2D eigenvalue weighted by Gasteiger charge is 2.16. The van der Waals surface area contributed by atoms with Gasteiger partial charge in [0.15, 0.2) is 0 Å². The van der Waals surface area contributed by atoms with Crippen LogP contribution in [0.1, 0.15) is 36.8 Å². The van der Waals surface area contributed by atoms with Crippen LogP contribution in [0.2, 0.25) is 0 Å². The highest BCUT2D eigenvalue weighted by Crippen LogP contribution is 2.13. The molecule has 0 heterocycles. The first-order valence-corrected chi connectivity index (χ1v) is 10.2. The number of carbonyl (C=O) groups is 2. The third kappa shape index (κ3) is 10.0. The maximum atomic E-state index is 11.7. The van der Waals surface area contributed by atoms with E-state index in [1.165, 1.54) is 0 Å². The normalized spacial score (nSPS) is 11.6. The Morgan fingerprint density at radius 3 is 2.00 bits per heavy atom. The molecule has 0 aromatic heterocycles. The minimum atomic E-state index is -0.813. The van der Waals surface area contributed by atoms with Crippen LogP contribution in [0.25, 0.3) is 0 Å². The van der Waals surface area contributed by atoms with E-state index in [1.807, 2.05) is 60.7 Å². The highest BCUT2D eigenvalue weighted by atomic mass is 16.6. The SMILES string of the molecule is O=C(NCCCC(CCCNOCc1ccccc1)C(=O)O)OCc1ccccc1. The number of alkyl carbamates (subject to hydrolysis) is 1. The molecule has 0 bridgehead atoms. The predicted octanol–water partition coefficient (Wildman–Crippen LogP) is 3.90. The maximum Gasteiger partial charge on any atom is 0.407 e. The summed E-state index contributed by atoms with van der Waals surface area (Å²) < 4.78 is 5.13. The van der Waals surface area contributed by atoms with Crippen LogP contribution in [-0.4, -0.2) is 30.3 Å². The van der Waals surface area contributed by atoms with E-state index in [4.69, 9.17) is 9.57 Å². The van der Waals surface area contributed by atoms with Gasteiger partial charge in [-0.25, -0.2) is 10.3 Å². The number of benzene rings is 2. The average Bonchev–Trinajstić information content (AvgIpc) is 2.77. The smallest absolute Gasteiger partial charge is 0.407 e. The van der Waals surface area contributed by atoms with Crippen LogP contribution in [-0.2, 0) is 27.6 Å². The number of aliphatic carboxylic acids is 1. The first-order chi connectivity index (χ1) is 14.6. The van der Waals surface area contributed by atoms with Crippen LogP contribution in [0.5, 0.6) is 0 Å². The van der Waals surface area contributed by atoms with Gasteiger partial charge in [-0.05, 0) is 36.8 Å². The lowest BCUT2D eigenvalue weighted by atomic mass is 9.98. The molecule has 1 unspecified atom stereocenters. The zero-order valence-corrected chi connectivity index (χ0v) is 17.1. The molecule has 7 heteroatoms. The molecule has 2 aromatic rings. The number of carboxylic acid groups (broad SMARTS) is 1. The summed E-state index contributed by atoms with van der Waals surface area (Å²) in [7, 11) is 0. The minimum Gasteiger partial charge on any atom is -0.481 e. The molecule has 0 aliphatic heterocycles. The summed E-state index contributed by atoms with van der Waals surface area (Å²) in [5.74, 6) is -1.25. The standard InChI is InChI=1S/C23H30N2O5/c26-22(27)21(14-8-16-25-30-18-20-11-5-2-6-12-20)13-7-15-24-23(28)29-17-19-9-3-1-4-10-19/h1-6,9-12,21,25H,7-8,13-18H2,(H,24,28)(H,26,27). The van der Waals surface area contributed by atoms with Crippen molar-refractivity contribution < 1.29 is 24.3 Å². The zero-order valence-electron chi connectivity index (χ0n) is 17.1.